The molecule has 0 amide bonds. The van der Waals surface area contributed by atoms with Gasteiger partial charge in [0.1, 0.15) is 0 Å². The van der Waals surface area contributed by atoms with Crippen molar-refractivity contribution in [2.45, 2.75) is 32.0 Å². The van der Waals surface area contributed by atoms with Crippen LogP contribution in [0, 0.1) is 20.8 Å². The number of halogens is 2. The van der Waals surface area contributed by atoms with Gasteiger partial charge in [0.05, 0.1) is 5.02 Å². The highest BCUT2D eigenvalue weighted by molar-refractivity contribution is 9.09. The van der Waals surface area contributed by atoms with Crippen LogP contribution in [0.3, 0.4) is 0 Å². The second kappa shape index (κ2) is 6.06. The molecule has 1 aromatic carbocycles. The summed E-state index contributed by atoms with van der Waals surface area (Å²) in [4.78, 5) is 4.30. The summed E-state index contributed by atoms with van der Waals surface area (Å²) in [5.41, 5.74) is 6.44. The summed E-state index contributed by atoms with van der Waals surface area (Å²) in [6.45, 7) is 6.46. The number of rotatable bonds is 3. The number of pyridine rings is 1. The van der Waals surface area contributed by atoms with Crippen LogP contribution in [0.1, 0.15) is 32.6 Å². The zero-order valence-corrected chi connectivity index (χ0v) is 13.7. The fourth-order valence-electron chi connectivity index (χ4n) is 2.55. The SMILES string of the molecule is Cc1cc(C)c(C(Br)Cc2ccncc2Cl)c(C)c1. The van der Waals surface area contributed by atoms with E-state index in [1.165, 1.54) is 22.3 Å². The first-order valence-corrected chi connectivity index (χ1v) is 7.58. The molecule has 1 atom stereocenters. The molecule has 0 N–H and O–H groups in total. The van der Waals surface area contributed by atoms with Gasteiger partial charge in [0.25, 0.3) is 0 Å². The Morgan fingerprint density at radius 1 is 1.21 bits per heavy atom. The van der Waals surface area contributed by atoms with Crippen LogP contribution in [-0.4, -0.2) is 4.98 Å². The van der Waals surface area contributed by atoms with Crippen LogP contribution in [0.25, 0.3) is 0 Å². The van der Waals surface area contributed by atoms with E-state index in [9.17, 15) is 0 Å². The second-order valence-corrected chi connectivity index (χ2v) is 6.46. The van der Waals surface area contributed by atoms with Gasteiger partial charge in [-0.1, -0.05) is 45.2 Å². The molecule has 19 heavy (non-hydrogen) atoms. The minimum atomic E-state index is 0.271. The minimum absolute atomic E-state index is 0.271. The van der Waals surface area contributed by atoms with E-state index < -0.39 is 0 Å². The third kappa shape index (κ3) is 3.37. The van der Waals surface area contributed by atoms with Crippen molar-refractivity contribution in [3.63, 3.8) is 0 Å². The van der Waals surface area contributed by atoms with Gasteiger partial charge in [-0.15, -0.1) is 0 Å². The van der Waals surface area contributed by atoms with Crippen LogP contribution in [0.4, 0.5) is 0 Å². The second-order valence-electron chi connectivity index (χ2n) is 4.95. The summed E-state index contributed by atoms with van der Waals surface area (Å²) in [6, 6.07) is 6.44. The number of aromatic nitrogens is 1. The summed E-state index contributed by atoms with van der Waals surface area (Å²) in [5, 5.41) is 0.731. The van der Waals surface area contributed by atoms with Gasteiger partial charge in [0.15, 0.2) is 0 Å². The molecule has 0 aliphatic heterocycles. The minimum Gasteiger partial charge on any atom is -0.263 e. The van der Waals surface area contributed by atoms with Crippen LogP contribution in [0.2, 0.25) is 5.02 Å². The summed E-state index contributed by atoms with van der Waals surface area (Å²) in [7, 11) is 0. The van der Waals surface area contributed by atoms with E-state index in [0.29, 0.717) is 0 Å². The molecule has 1 aromatic heterocycles. The number of benzene rings is 1. The highest BCUT2D eigenvalue weighted by atomic mass is 79.9. The first kappa shape index (κ1) is 14.5. The molecule has 0 saturated carbocycles. The highest BCUT2D eigenvalue weighted by Crippen LogP contribution is 2.34. The van der Waals surface area contributed by atoms with E-state index in [1.54, 1.807) is 12.4 Å². The van der Waals surface area contributed by atoms with Crippen LogP contribution >= 0.6 is 27.5 Å². The lowest BCUT2D eigenvalue weighted by Gasteiger charge is -2.17. The molecule has 1 heterocycles. The highest BCUT2D eigenvalue weighted by Gasteiger charge is 2.15. The lowest BCUT2D eigenvalue weighted by Crippen LogP contribution is -2.02. The number of nitrogens with zero attached hydrogens (tertiary/aromatic N) is 1. The van der Waals surface area contributed by atoms with Gasteiger partial charge in [-0.2, -0.15) is 0 Å². The van der Waals surface area contributed by atoms with Gasteiger partial charge in [0, 0.05) is 17.2 Å². The number of alkyl halides is 1. The molecule has 100 valence electrons. The molecule has 0 aliphatic rings. The van der Waals surface area contributed by atoms with E-state index in [4.69, 9.17) is 11.6 Å². The Morgan fingerprint density at radius 3 is 2.42 bits per heavy atom. The molecule has 0 radical (unpaired) electrons. The average Bonchev–Trinajstić information content (AvgIpc) is 2.30. The van der Waals surface area contributed by atoms with Crippen molar-refractivity contribution < 1.29 is 0 Å². The van der Waals surface area contributed by atoms with Crippen molar-refractivity contribution in [1.82, 2.24) is 4.98 Å². The molecule has 2 rings (SSSR count). The van der Waals surface area contributed by atoms with Crippen molar-refractivity contribution in [1.29, 1.82) is 0 Å². The van der Waals surface area contributed by atoms with Gasteiger partial charge < -0.3 is 0 Å². The molecular weight excluding hydrogens is 322 g/mol. The topological polar surface area (TPSA) is 12.9 Å². The first-order valence-electron chi connectivity index (χ1n) is 6.29. The maximum absolute atomic E-state index is 6.18. The number of hydrogen-bond donors (Lipinski definition) is 0. The number of hydrogen-bond acceptors (Lipinski definition) is 1. The molecule has 0 aliphatic carbocycles. The van der Waals surface area contributed by atoms with E-state index in [2.05, 4.69) is 53.8 Å². The molecular formula is C16H17BrClN. The Labute approximate surface area is 128 Å². The van der Waals surface area contributed by atoms with E-state index in [1.807, 2.05) is 6.07 Å². The summed E-state index contributed by atoms with van der Waals surface area (Å²) in [6.07, 6.45) is 4.35. The molecule has 0 saturated heterocycles. The Kier molecular flexibility index (Phi) is 4.64. The molecule has 1 nitrogen and oxygen atoms in total. The third-order valence-electron chi connectivity index (χ3n) is 3.31. The molecule has 0 fully saturated rings. The Bertz CT molecular complexity index is 572. The van der Waals surface area contributed by atoms with Gasteiger partial charge in [0.2, 0.25) is 0 Å². The molecule has 1 unspecified atom stereocenters. The monoisotopic (exact) mass is 337 g/mol. The van der Waals surface area contributed by atoms with Crippen molar-refractivity contribution >= 4 is 27.5 Å². The standard InChI is InChI=1S/C16H17BrClN/c1-10-6-11(2)16(12(3)7-10)14(17)8-13-4-5-19-9-15(13)18/h4-7,9,14H,8H2,1-3H3. The van der Waals surface area contributed by atoms with Crippen molar-refractivity contribution in [3.05, 3.63) is 63.4 Å². The van der Waals surface area contributed by atoms with Gasteiger partial charge in [-0.05, 0) is 55.5 Å². The zero-order chi connectivity index (χ0) is 14.0. The van der Waals surface area contributed by atoms with E-state index >= 15 is 0 Å². The fourth-order valence-corrected chi connectivity index (χ4v) is 3.82. The molecule has 2 aromatic rings. The zero-order valence-electron chi connectivity index (χ0n) is 11.4. The van der Waals surface area contributed by atoms with Gasteiger partial charge in [-0.25, -0.2) is 0 Å². The predicted molar refractivity (Wildman–Crippen MR) is 85.3 cm³/mol. The van der Waals surface area contributed by atoms with Crippen LogP contribution < -0.4 is 0 Å². The maximum atomic E-state index is 6.18. The normalized spacial score (nSPS) is 12.5. The fraction of sp³-hybridized carbons (Fsp3) is 0.312. The lowest BCUT2D eigenvalue weighted by molar-refractivity contribution is 0.922. The largest absolute Gasteiger partial charge is 0.263 e. The quantitative estimate of drug-likeness (QED) is 0.688. The van der Waals surface area contributed by atoms with E-state index in [0.717, 1.165) is 17.0 Å². The van der Waals surface area contributed by atoms with Crippen LogP contribution in [0.15, 0.2) is 30.6 Å². The van der Waals surface area contributed by atoms with Crippen LogP contribution in [0.5, 0.6) is 0 Å². The maximum Gasteiger partial charge on any atom is 0.0621 e. The molecule has 0 bridgehead atoms. The third-order valence-corrected chi connectivity index (χ3v) is 4.43. The van der Waals surface area contributed by atoms with Crippen molar-refractivity contribution in [3.8, 4) is 0 Å². The Balaban J connectivity index is 2.31. The lowest BCUT2D eigenvalue weighted by atomic mass is 9.94. The van der Waals surface area contributed by atoms with Crippen LogP contribution in [-0.2, 0) is 6.42 Å². The first-order chi connectivity index (χ1) is 8.99. The van der Waals surface area contributed by atoms with E-state index in [-0.39, 0.29) is 4.83 Å². The molecule has 3 heteroatoms. The smallest absolute Gasteiger partial charge is 0.0621 e. The van der Waals surface area contributed by atoms with Gasteiger partial charge in [-0.3, -0.25) is 4.98 Å². The summed E-state index contributed by atoms with van der Waals surface area (Å²) in [5.74, 6) is 0. The van der Waals surface area contributed by atoms with Crippen molar-refractivity contribution in [2.75, 3.05) is 0 Å². The van der Waals surface area contributed by atoms with Gasteiger partial charge >= 0.3 is 0 Å². The summed E-state index contributed by atoms with van der Waals surface area (Å²) < 4.78 is 0. The average molecular weight is 339 g/mol. The Morgan fingerprint density at radius 2 is 1.84 bits per heavy atom. The molecule has 0 spiro atoms. The predicted octanol–water partition coefficient (Wildman–Crippen LogP) is 5.34. The Hall–Kier alpha value is -0.860. The van der Waals surface area contributed by atoms with Crippen molar-refractivity contribution in [2.24, 2.45) is 0 Å². The number of aryl methyl sites for hydroxylation is 3. The summed E-state index contributed by atoms with van der Waals surface area (Å²) >= 11 is 9.98.